The van der Waals surface area contributed by atoms with Gasteiger partial charge in [-0.25, -0.2) is 0 Å². The average Bonchev–Trinajstić information content (AvgIpc) is 2.93. The number of hydrogen-bond donors (Lipinski definition) is 2. The van der Waals surface area contributed by atoms with E-state index in [0.29, 0.717) is 25.7 Å². The molecule has 0 heterocycles. The lowest BCUT2D eigenvalue weighted by atomic mass is 9.91. The van der Waals surface area contributed by atoms with Crippen LogP contribution in [0.1, 0.15) is 77.6 Å². The lowest BCUT2D eigenvalue weighted by molar-refractivity contribution is -0.137. The van der Waals surface area contributed by atoms with E-state index >= 15 is 0 Å². The fourth-order valence-electron chi connectivity index (χ4n) is 3.25. The highest BCUT2D eigenvalue weighted by molar-refractivity contribution is 5.89. The van der Waals surface area contributed by atoms with E-state index in [1.54, 1.807) is 6.08 Å². The molecule has 0 saturated heterocycles. The predicted molar refractivity (Wildman–Crippen MR) is 99.0 cm³/mol. The summed E-state index contributed by atoms with van der Waals surface area (Å²) in [5.74, 6) is 5.75. The number of carbonyl (C=O) groups is 2. The van der Waals surface area contributed by atoms with E-state index in [2.05, 4.69) is 18.8 Å². The summed E-state index contributed by atoms with van der Waals surface area (Å²) in [4.78, 5) is 22.3. The van der Waals surface area contributed by atoms with Gasteiger partial charge in [-0.05, 0) is 37.7 Å². The summed E-state index contributed by atoms with van der Waals surface area (Å²) in [6.07, 6.45) is 11.9. The van der Waals surface area contributed by atoms with Crippen LogP contribution in [0.15, 0.2) is 12.2 Å². The summed E-state index contributed by atoms with van der Waals surface area (Å²) < 4.78 is 0. The molecule has 1 aliphatic rings. The van der Waals surface area contributed by atoms with Crippen LogP contribution in [-0.2, 0) is 9.59 Å². The normalized spacial score (nSPS) is 22.7. The van der Waals surface area contributed by atoms with Crippen LogP contribution in [0.4, 0.5) is 0 Å². The maximum atomic E-state index is 11.9. The smallest absolute Gasteiger partial charge is 0.303 e. The Morgan fingerprint density at radius 3 is 2.60 bits per heavy atom. The molecule has 1 aliphatic carbocycles. The van der Waals surface area contributed by atoms with Gasteiger partial charge < -0.3 is 10.2 Å². The number of allylic oxidation sites excluding steroid dienone is 2. The van der Waals surface area contributed by atoms with Crippen LogP contribution >= 0.6 is 0 Å². The summed E-state index contributed by atoms with van der Waals surface area (Å²) in [6, 6.07) is 0. The number of carboxylic acids is 1. The minimum Gasteiger partial charge on any atom is -0.481 e. The zero-order chi connectivity index (χ0) is 18.5. The van der Waals surface area contributed by atoms with Crippen LogP contribution in [0.5, 0.6) is 0 Å². The SMILES string of the molecule is CCCCCCC(=O)/C=C/C1CCC(O)C1CC#CCCCC(=O)O. The summed E-state index contributed by atoms with van der Waals surface area (Å²) in [5, 5.41) is 18.7. The van der Waals surface area contributed by atoms with E-state index in [4.69, 9.17) is 5.11 Å². The van der Waals surface area contributed by atoms with Gasteiger partial charge in [0.15, 0.2) is 5.78 Å². The van der Waals surface area contributed by atoms with Crippen LogP contribution < -0.4 is 0 Å². The summed E-state index contributed by atoms with van der Waals surface area (Å²) in [5.41, 5.74) is 0. The fraction of sp³-hybridized carbons (Fsp3) is 0.714. The van der Waals surface area contributed by atoms with Crippen molar-refractivity contribution in [2.75, 3.05) is 0 Å². The number of rotatable bonds is 11. The van der Waals surface area contributed by atoms with Crippen LogP contribution in [0.3, 0.4) is 0 Å². The first kappa shape index (κ1) is 21.4. The van der Waals surface area contributed by atoms with E-state index < -0.39 is 5.97 Å². The maximum Gasteiger partial charge on any atom is 0.303 e. The van der Waals surface area contributed by atoms with E-state index in [1.165, 1.54) is 12.8 Å². The monoisotopic (exact) mass is 348 g/mol. The molecular formula is C21H32O4. The van der Waals surface area contributed by atoms with Gasteiger partial charge in [-0.1, -0.05) is 32.3 Å². The lowest BCUT2D eigenvalue weighted by Gasteiger charge is -2.16. The molecule has 3 atom stereocenters. The second-order valence-corrected chi connectivity index (χ2v) is 6.91. The minimum atomic E-state index is -0.794. The molecule has 1 saturated carbocycles. The van der Waals surface area contributed by atoms with Gasteiger partial charge in [-0.15, -0.1) is 11.8 Å². The van der Waals surface area contributed by atoms with Crippen molar-refractivity contribution in [1.29, 1.82) is 0 Å². The van der Waals surface area contributed by atoms with Crippen molar-refractivity contribution in [3.63, 3.8) is 0 Å². The molecule has 3 unspecified atom stereocenters. The van der Waals surface area contributed by atoms with Crippen molar-refractivity contribution in [2.24, 2.45) is 11.8 Å². The largest absolute Gasteiger partial charge is 0.481 e. The van der Waals surface area contributed by atoms with E-state index in [1.807, 2.05) is 6.08 Å². The summed E-state index contributed by atoms with van der Waals surface area (Å²) in [6.45, 7) is 2.16. The lowest BCUT2D eigenvalue weighted by Crippen LogP contribution is -2.17. The Balaban J connectivity index is 2.37. The third-order valence-electron chi connectivity index (χ3n) is 4.80. The molecular weight excluding hydrogens is 316 g/mol. The van der Waals surface area contributed by atoms with Gasteiger partial charge >= 0.3 is 5.97 Å². The minimum absolute atomic E-state index is 0.0797. The van der Waals surface area contributed by atoms with Crippen molar-refractivity contribution >= 4 is 11.8 Å². The van der Waals surface area contributed by atoms with E-state index in [0.717, 1.165) is 25.7 Å². The molecule has 140 valence electrons. The van der Waals surface area contributed by atoms with Gasteiger partial charge in [0, 0.05) is 31.6 Å². The molecule has 4 heteroatoms. The Hall–Kier alpha value is -1.60. The Morgan fingerprint density at radius 1 is 1.08 bits per heavy atom. The Labute approximate surface area is 151 Å². The molecule has 0 radical (unpaired) electrons. The van der Waals surface area contributed by atoms with E-state index in [9.17, 15) is 14.7 Å². The number of ketones is 1. The van der Waals surface area contributed by atoms with Crippen LogP contribution in [0.25, 0.3) is 0 Å². The molecule has 0 spiro atoms. The topological polar surface area (TPSA) is 74.6 Å². The number of carbonyl (C=O) groups excluding carboxylic acids is 1. The Bertz CT molecular complexity index is 498. The first-order chi connectivity index (χ1) is 12.0. The van der Waals surface area contributed by atoms with Gasteiger partial charge in [0.1, 0.15) is 0 Å². The molecule has 1 fully saturated rings. The highest BCUT2D eigenvalue weighted by Gasteiger charge is 2.32. The zero-order valence-electron chi connectivity index (χ0n) is 15.4. The van der Waals surface area contributed by atoms with Gasteiger partial charge in [-0.3, -0.25) is 9.59 Å². The van der Waals surface area contributed by atoms with Crippen molar-refractivity contribution in [3.05, 3.63) is 12.2 Å². The molecule has 0 aromatic rings. The average molecular weight is 348 g/mol. The highest BCUT2D eigenvalue weighted by atomic mass is 16.4. The molecule has 0 amide bonds. The first-order valence-corrected chi connectivity index (χ1v) is 9.61. The third-order valence-corrected chi connectivity index (χ3v) is 4.80. The summed E-state index contributed by atoms with van der Waals surface area (Å²) >= 11 is 0. The molecule has 0 aliphatic heterocycles. The number of aliphatic hydroxyl groups excluding tert-OH is 1. The van der Waals surface area contributed by atoms with E-state index in [-0.39, 0.29) is 30.1 Å². The fourth-order valence-corrected chi connectivity index (χ4v) is 3.25. The van der Waals surface area contributed by atoms with Crippen molar-refractivity contribution in [3.8, 4) is 11.8 Å². The maximum absolute atomic E-state index is 11.9. The van der Waals surface area contributed by atoms with Crippen molar-refractivity contribution in [2.45, 2.75) is 83.7 Å². The summed E-state index contributed by atoms with van der Waals surface area (Å²) in [7, 11) is 0. The van der Waals surface area contributed by atoms with Crippen LogP contribution in [-0.4, -0.2) is 28.1 Å². The first-order valence-electron chi connectivity index (χ1n) is 9.61. The predicted octanol–water partition coefficient (Wildman–Crippen LogP) is 4.12. The standard InChI is InChI=1S/C21H32O4/c1-2-3-4-7-10-18(22)15-13-17-14-16-20(23)19(17)11-8-5-6-9-12-21(24)25/h13,15,17,19-20,23H,2-4,6-7,9-12,14,16H2,1H3,(H,24,25)/b15-13+. The Kier molecular flexibility index (Phi) is 10.9. The van der Waals surface area contributed by atoms with Gasteiger partial charge in [0.2, 0.25) is 0 Å². The number of hydrogen-bond acceptors (Lipinski definition) is 3. The number of carboxylic acid groups (broad SMARTS) is 1. The molecule has 1 rings (SSSR count). The van der Waals surface area contributed by atoms with Crippen molar-refractivity contribution in [1.82, 2.24) is 0 Å². The third kappa shape index (κ3) is 9.45. The second-order valence-electron chi connectivity index (χ2n) is 6.91. The zero-order valence-corrected chi connectivity index (χ0v) is 15.4. The quantitative estimate of drug-likeness (QED) is 0.335. The molecule has 0 aromatic heterocycles. The molecule has 4 nitrogen and oxygen atoms in total. The number of aliphatic carboxylic acids is 1. The van der Waals surface area contributed by atoms with Crippen LogP contribution in [0.2, 0.25) is 0 Å². The Morgan fingerprint density at radius 2 is 1.88 bits per heavy atom. The molecule has 2 N–H and O–H groups in total. The number of aliphatic hydroxyl groups is 1. The molecule has 0 bridgehead atoms. The second kappa shape index (κ2) is 12.7. The molecule has 25 heavy (non-hydrogen) atoms. The highest BCUT2D eigenvalue weighted by Crippen LogP contribution is 2.35. The van der Waals surface area contributed by atoms with Gasteiger partial charge in [0.25, 0.3) is 0 Å². The number of unbranched alkanes of at least 4 members (excludes halogenated alkanes) is 4. The van der Waals surface area contributed by atoms with Gasteiger partial charge in [0.05, 0.1) is 6.10 Å². The van der Waals surface area contributed by atoms with Crippen molar-refractivity contribution < 1.29 is 19.8 Å². The van der Waals surface area contributed by atoms with Crippen LogP contribution in [0, 0.1) is 23.7 Å². The van der Waals surface area contributed by atoms with Gasteiger partial charge in [-0.2, -0.15) is 0 Å². The molecule has 0 aromatic carbocycles.